The van der Waals surface area contributed by atoms with E-state index >= 15 is 0 Å². The van der Waals surface area contributed by atoms with Crippen LogP contribution in [0.4, 0.5) is 0 Å². The molecule has 0 aliphatic carbocycles. The molecular formula is C6H14N3+. The van der Waals surface area contributed by atoms with Crippen LogP contribution in [0.2, 0.25) is 0 Å². The molecule has 0 saturated carbocycles. The third kappa shape index (κ3) is 5.20. The van der Waals surface area contributed by atoms with E-state index in [-0.39, 0.29) is 0 Å². The standard InChI is InChI=1S/C6H13N3/c1-6(4-8)5-9-3-2-7/h4-5,8-9H,2-3,7H2,1H3/p+1. The van der Waals surface area contributed by atoms with Crippen LogP contribution >= 0.6 is 0 Å². The zero-order valence-corrected chi connectivity index (χ0v) is 5.72. The molecule has 0 spiro atoms. The van der Waals surface area contributed by atoms with Gasteiger partial charge in [0.15, 0.2) is 0 Å². The predicted octanol–water partition coefficient (Wildman–Crippen LogP) is -0.938. The van der Waals surface area contributed by atoms with Crippen molar-refractivity contribution in [2.24, 2.45) is 5.73 Å². The van der Waals surface area contributed by atoms with E-state index in [1.165, 1.54) is 6.21 Å². The molecule has 0 aromatic carbocycles. The first-order valence-corrected chi connectivity index (χ1v) is 3.02. The van der Waals surface area contributed by atoms with Gasteiger partial charge in [-0.05, 0) is 6.92 Å². The zero-order chi connectivity index (χ0) is 7.11. The van der Waals surface area contributed by atoms with Gasteiger partial charge in [-0.3, -0.25) is 0 Å². The SMILES string of the molecule is CC(C=N)=C[NH2+]CCN. The van der Waals surface area contributed by atoms with Gasteiger partial charge in [-0.1, -0.05) is 0 Å². The Balaban J connectivity index is 3.31. The van der Waals surface area contributed by atoms with E-state index in [1.54, 1.807) is 0 Å². The Labute approximate surface area is 55.4 Å². The van der Waals surface area contributed by atoms with Gasteiger partial charge in [0, 0.05) is 18.3 Å². The number of rotatable bonds is 4. The van der Waals surface area contributed by atoms with Crippen LogP contribution in [-0.2, 0) is 0 Å². The minimum absolute atomic E-state index is 0.682. The first-order valence-electron chi connectivity index (χ1n) is 3.02. The average molecular weight is 128 g/mol. The highest BCUT2D eigenvalue weighted by Crippen LogP contribution is 1.75. The second-order valence-electron chi connectivity index (χ2n) is 1.87. The van der Waals surface area contributed by atoms with Gasteiger partial charge >= 0.3 is 0 Å². The molecule has 0 rings (SSSR count). The lowest BCUT2D eigenvalue weighted by atomic mass is 10.4. The first-order chi connectivity index (χ1) is 4.31. The first kappa shape index (κ1) is 8.33. The molecule has 0 radical (unpaired) electrons. The van der Waals surface area contributed by atoms with Crippen LogP contribution < -0.4 is 11.1 Å². The molecule has 0 unspecified atom stereocenters. The van der Waals surface area contributed by atoms with Crippen molar-refractivity contribution in [1.82, 2.24) is 0 Å². The lowest BCUT2D eigenvalue weighted by Gasteiger charge is -1.89. The Morgan fingerprint density at radius 3 is 2.89 bits per heavy atom. The van der Waals surface area contributed by atoms with Crippen molar-refractivity contribution >= 4 is 6.21 Å². The summed E-state index contributed by atoms with van der Waals surface area (Å²) in [5, 5.41) is 8.77. The molecular weight excluding hydrogens is 114 g/mol. The average Bonchev–Trinajstić information content (AvgIpc) is 1.89. The normalized spacial score (nSPS) is 11.6. The molecule has 0 heterocycles. The molecule has 0 saturated heterocycles. The molecule has 0 aliphatic heterocycles. The quantitative estimate of drug-likeness (QED) is 0.332. The Bertz CT molecular complexity index is 107. The third-order valence-corrected chi connectivity index (χ3v) is 0.942. The summed E-state index contributed by atoms with van der Waals surface area (Å²) in [5.74, 6) is 0. The van der Waals surface area contributed by atoms with Crippen LogP contribution in [0.5, 0.6) is 0 Å². The van der Waals surface area contributed by atoms with Crippen LogP contribution in [0.1, 0.15) is 6.92 Å². The lowest BCUT2D eigenvalue weighted by molar-refractivity contribution is -0.585. The highest BCUT2D eigenvalue weighted by atomic mass is 14.8. The smallest absolute Gasteiger partial charge is 0.0970 e. The van der Waals surface area contributed by atoms with Gasteiger partial charge < -0.3 is 16.5 Å². The zero-order valence-electron chi connectivity index (χ0n) is 5.72. The van der Waals surface area contributed by atoms with Crippen LogP contribution in [0, 0.1) is 5.41 Å². The van der Waals surface area contributed by atoms with Crippen molar-refractivity contribution in [2.75, 3.05) is 13.1 Å². The molecule has 0 aromatic rings. The van der Waals surface area contributed by atoms with Gasteiger partial charge in [0.25, 0.3) is 0 Å². The fourth-order valence-corrected chi connectivity index (χ4v) is 0.414. The third-order valence-electron chi connectivity index (χ3n) is 0.942. The fraction of sp³-hybridized carbons (Fsp3) is 0.500. The molecule has 0 atom stereocenters. The molecule has 3 heteroatoms. The summed E-state index contributed by atoms with van der Waals surface area (Å²) in [7, 11) is 0. The summed E-state index contributed by atoms with van der Waals surface area (Å²) in [4.78, 5) is 0. The molecule has 9 heavy (non-hydrogen) atoms. The number of nitrogens with two attached hydrogens (primary N) is 2. The summed E-state index contributed by atoms with van der Waals surface area (Å²) >= 11 is 0. The molecule has 0 aliphatic rings. The van der Waals surface area contributed by atoms with Gasteiger partial charge in [0.1, 0.15) is 0 Å². The van der Waals surface area contributed by atoms with E-state index in [2.05, 4.69) is 0 Å². The summed E-state index contributed by atoms with van der Waals surface area (Å²) in [6, 6.07) is 0. The van der Waals surface area contributed by atoms with Crippen molar-refractivity contribution in [3.8, 4) is 0 Å². The van der Waals surface area contributed by atoms with E-state index in [1.807, 2.05) is 18.4 Å². The van der Waals surface area contributed by atoms with E-state index < -0.39 is 0 Å². The Morgan fingerprint density at radius 1 is 1.78 bits per heavy atom. The second-order valence-corrected chi connectivity index (χ2v) is 1.87. The summed E-state index contributed by atoms with van der Waals surface area (Å²) in [6.07, 6.45) is 3.23. The Morgan fingerprint density at radius 2 is 2.44 bits per heavy atom. The number of nitrogens with one attached hydrogen (secondary N) is 1. The van der Waals surface area contributed by atoms with E-state index in [0.29, 0.717) is 6.54 Å². The van der Waals surface area contributed by atoms with Crippen LogP contribution in [0.15, 0.2) is 11.8 Å². The van der Waals surface area contributed by atoms with Crippen LogP contribution in [0.3, 0.4) is 0 Å². The molecule has 0 bridgehead atoms. The molecule has 3 nitrogen and oxygen atoms in total. The summed E-state index contributed by atoms with van der Waals surface area (Å²) < 4.78 is 0. The fourth-order valence-electron chi connectivity index (χ4n) is 0.414. The highest BCUT2D eigenvalue weighted by Gasteiger charge is 1.82. The number of hydrogen-bond acceptors (Lipinski definition) is 2. The highest BCUT2D eigenvalue weighted by molar-refractivity contribution is 5.73. The van der Waals surface area contributed by atoms with Crippen molar-refractivity contribution < 1.29 is 5.32 Å². The monoisotopic (exact) mass is 128 g/mol. The van der Waals surface area contributed by atoms with Crippen molar-refractivity contribution in [3.05, 3.63) is 11.8 Å². The maximum atomic E-state index is 6.80. The topological polar surface area (TPSA) is 66.5 Å². The summed E-state index contributed by atoms with van der Waals surface area (Å²) in [6.45, 7) is 3.47. The van der Waals surface area contributed by atoms with Gasteiger partial charge in [-0.15, -0.1) is 0 Å². The molecule has 5 N–H and O–H groups in total. The molecule has 0 aromatic heterocycles. The minimum atomic E-state index is 0.682. The molecule has 0 amide bonds. The van der Waals surface area contributed by atoms with Crippen molar-refractivity contribution in [1.29, 1.82) is 5.41 Å². The Hall–Kier alpha value is -0.670. The number of allylic oxidation sites excluding steroid dienone is 1. The number of hydrogen-bond donors (Lipinski definition) is 3. The van der Waals surface area contributed by atoms with Crippen molar-refractivity contribution in [2.45, 2.75) is 6.92 Å². The van der Waals surface area contributed by atoms with E-state index in [0.717, 1.165) is 12.1 Å². The van der Waals surface area contributed by atoms with Gasteiger partial charge in [-0.25, -0.2) is 0 Å². The second kappa shape index (κ2) is 5.47. The lowest BCUT2D eigenvalue weighted by Crippen LogP contribution is -2.79. The van der Waals surface area contributed by atoms with Crippen molar-refractivity contribution in [3.63, 3.8) is 0 Å². The maximum Gasteiger partial charge on any atom is 0.0970 e. The largest absolute Gasteiger partial charge is 0.326 e. The summed E-state index contributed by atoms with van der Waals surface area (Å²) in [5.41, 5.74) is 6.20. The maximum absolute atomic E-state index is 6.80. The van der Waals surface area contributed by atoms with E-state index in [9.17, 15) is 0 Å². The molecule has 0 fully saturated rings. The Kier molecular flexibility index (Phi) is 5.06. The van der Waals surface area contributed by atoms with Gasteiger partial charge in [0.05, 0.1) is 12.7 Å². The minimum Gasteiger partial charge on any atom is -0.326 e. The van der Waals surface area contributed by atoms with E-state index in [4.69, 9.17) is 11.1 Å². The van der Waals surface area contributed by atoms with Crippen LogP contribution in [0.25, 0.3) is 0 Å². The molecule has 52 valence electrons. The van der Waals surface area contributed by atoms with Gasteiger partial charge in [-0.2, -0.15) is 0 Å². The van der Waals surface area contributed by atoms with Crippen LogP contribution in [-0.4, -0.2) is 19.3 Å². The number of quaternary nitrogens is 1. The van der Waals surface area contributed by atoms with Gasteiger partial charge in [0.2, 0.25) is 0 Å². The predicted molar refractivity (Wildman–Crippen MR) is 38.4 cm³/mol.